The molecule has 0 fully saturated rings. The van der Waals surface area contributed by atoms with Crippen LogP contribution in [0, 0.1) is 27.7 Å². The van der Waals surface area contributed by atoms with Gasteiger partial charge in [0.25, 0.3) is 5.91 Å². The Morgan fingerprint density at radius 3 is 2.37 bits per heavy atom. The molecule has 0 saturated carbocycles. The summed E-state index contributed by atoms with van der Waals surface area (Å²) in [4.78, 5) is 17.0. The van der Waals surface area contributed by atoms with Crippen LogP contribution in [0.1, 0.15) is 38.7 Å². The second kappa shape index (κ2) is 7.94. The lowest BCUT2D eigenvalue weighted by Gasteiger charge is -2.08. The van der Waals surface area contributed by atoms with Crippen molar-refractivity contribution in [3.05, 3.63) is 88.6 Å². The molecule has 4 aromatic rings. The Morgan fingerprint density at radius 2 is 1.73 bits per heavy atom. The van der Waals surface area contributed by atoms with Crippen molar-refractivity contribution in [2.45, 2.75) is 34.2 Å². The van der Waals surface area contributed by atoms with Gasteiger partial charge in [-0.15, -0.1) is 0 Å². The maximum absolute atomic E-state index is 12.6. The van der Waals surface area contributed by atoms with Crippen molar-refractivity contribution in [1.82, 2.24) is 29.9 Å². The summed E-state index contributed by atoms with van der Waals surface area (Å²) < 4.78 is 3.67. The number of para-hydroxylation sites is 1. The van der Waals surface area contributed by atoms with Crippen molar-refractivity contribution in [2.75, 3.05) is 0 Å². The first-order valence-electron chi connectivity index (χ1n) is 9.82. The van der Waals surface area contributed by atoms with Gasteiger partial charge >= 0.3 is 0 Å². The van der Waals surface area contributed by atoms with Crippen LogP contribution >= 0.6 is 0 Å². The molecule has 3 heterocycles. The summed E-state index contributed by atoms with van der Waals surface area (Å²) in [6.07, 6.45) is 1.58. The first-order valence-corrected chi connectivity index (χ1v) is 9.82. The molecule has 7 heteroatoms. The van der Waals surface area contributed by atoms with Crippen LogP contribution in [0.15, 0.2) is 54.7 Å². The lowest BCUT2D eigenvalue weighted by Crippen LogP contribution is -2.23. The molecule has 0 aliphatic carbocycles. The van der Waals surface area contributed by atoms with Gasteiger partial charge in [-0.2, -0.15) is 10.2 Å². The second-order valence-electron chi connectivity index (χ2n) is 7.32. The van der Waals surface area contributed by atoms with Gasteiger partial charge in [0.05, 0.1) is 22.6 Å². The number of carbonyl (C=O) groups is 1. The van der Waals surface area contributed by atoms with Gasteiger partial charge in [-0.25, -0.2) is 14.3 Å². The minimum Gasteiger partial charge on any atom is -0.348 e. The van der Waals surface area contributed by atoms with Crippen LogP contribution < -0.4 is 5.32 Å². The van der Waals surface area contributed by atoms with Gasteiger partial charge in [0.1, 0.15) is 0 Å². The fourth-order valence-electron chi connectivity index (χ4n) is 3.53. The highest BCUT2D eigenvalue weighted by atomic mass is 16.1. The van der Waals surface area contributed by atoms with Crippen molar-refractivity contribution < 1.29 is 4.79 Å². The van der Waals surface area contributed by atoms with E-state index in [9.17, 15) is 4.79 Å². The fourth-order valence-corrected chi connectivity index (χ4v) is 3.53. The molecule has 0 bridgehead atoms. The maximum atomic E-state index is 12.6. The molecule has 0 spiro atoms. The summed E-state index contributed by atoms with van der Waals surface area (Å²) in [6, 6.07) is 15.5. The largest absolute Gasteiger partial charge is 0.348 e. The number of aromatic nitrogens is 5. The number of aryl methyl sites for hydroxylation is 3. The van der Waals surface area contributed by atoms with E-state index in [2.05, 4.69) is 20.5 Å². The predicted molar refractivity (Wildman–Crippen MR) is 115 cm³/mol. The third-order valence-corrected chi connectivity index (χ3v) is 5.10. The average molecular weight is 400 g/mol. The maximum Gasteiger partial charge on any atom is 0.253 e. The Morgan fingerprint density at radius 1 is 0.967 bits per heavy atom. The molecule has 0 radical (unpaired) electrons. The molecule has 4 rings (SSSR count). The molecule has 1 aromatic carbocycles. The number of nitrogens with one attached hydrogen (secondary N) is 1. The number of rotatable bonds is 5. The molecule has 0 atom stereocenters. The van der Waals surface area contributed by atoms with Gasteiger partial charge in [-0.05, 0) is 58.0 Å². The van der Waals surface area contributed by atoms with Crippen LogP contribution in [0.4, 0.5) is 0 Å². The van der Waals surface area contributed by atoms with E-state index in [4.69, 9.17) is 0 Å². The van der Waals surface area contributed by atoms with Crippen molar-refractivity contribution in [3.8, 4) is 11.5 Å². The van der Waals surface area contributed by atoms with E-state index in [-0.39, 0.29) is 5.91 Å². The monoisotopic (exact) mass is 400 g/mol. The highest BCUT2D eigenvalue weighted by Crippen LogP contribution is 2.18. The number of nitrogens with zero attached hydrogens (tertiary/aromatic N) is 5. The van der Waals surface area contributed by atoms with Crippen molar-refractivity contribution in [3.63, 3.8) is 0 Å². The molecule has 3 aromatic heterocycles. The van der Waals surface area contributed by atoms with Gasteiger partial charge in [0.2, 0.25) is 0 Å². The molecule has 1 amide bonds. The smallest absolute Gasteiger partial charge is 0.253 e. The quantitative estimate of drug-likeness (QED) is 0.555. The number of hydrogen-bond acceptors (Lipinski definition) is 4. The van der Waals surface area contributed by atoms with Crippen LogP contribution in [0.2, 0.25) is 0 Å². The Hall–Kier alpha value is -3.74. The van der Waals surface area contributed by atoms with Gasteiger partial charge < -0.3 is 5.32 Å². The lowest BCUT2D eigenvalue weighted by molar-refractivity contribution is 0.0950. The number of hydrogen-bond donors (Lipinski definition) is 1. The van der Waals surface area contributed by atoms with E-state index >= 15 is 0 Å². The summed E-state index contributed by atoms with van der Waals surface area (Å²) >= 11 is 0. The van der Waals surface area contributed by atoms with Crippen LogP contribution in [0.5, 0.6) is 0 Å². The van der Waals surface area contributed by atoms with Gasteiger partial charge in [-0.1, -0.05) is 18.2 Å². The second-order valence-corrected chi connectivity index (χ2v) is 7.32. The molecule has 0 saturated heterocycles. The topological polar surface area (TPSA) is 77.6 Å². The molecule has 1 N–H and O–H groups in total. The standard InChI is InChI=1S/C23H24N6O/c1-15-12-16(2)28(26-15)22-11-10-19(13-24-22)23(30)25-14-21-17(3)27-29(18(21)4)20-8-6-5-7-9-20/h5-13H,14H2,1-4H3,(H,25,30). The number of amides is 1. The minimum absolute atomic E-state index is 0.173. The molecular weight excluding hydrogens is 376 g/mol. The highest BCUT2D eigenvalue weighted by molar-refractivity contribution is 5.93. The summed E-state index contributed by atoms with van der Waals surface area (Å²) in [5.74, 6) is 0.515. The minimum atomic E-state index is -0.173. The Kier molecular flexibility index (Phi) is 5.18. The zero-order valence-corrected chi connectivity index (χ0v) is 17.5. The molecule has 0 aliphatic rings. The molecule has 152 valence electrons. The van der Waals surface area contributed by atoms with E-state index in [1.54, 1.807) is 23.0 Å². The van der Waals surface area contributed by atoms with Crippen LogP contribution in [-0.4, -0.2) is 30.5 Å². The summed E-state index contributed by atoms with van der Waals surface area (Å²) in [7, 11) is 0. The van der Waals surface area contributed by atoms with Crippen molar-refractivity contribution in [2.24, 2.45) is 0 Å². The highest BCUT2D eigenvalue weighted by Gasteiger charge is 2.15. The SMILES string of the molecule is Cc1cc(C)n(-c2ccc(C(=O)NCc3c(C)nn(-c4ccccc4)c3C)cn2)n1. The lowest BCUT2D eigenvalue weighted by atomic mass is 10.2. The molecule has 0 aliphatic heterocycles. The van der Waals surface area contributed by atoms with Crippen molar-refractivity contribution in [1.29, 1.82) is 0 Å². The Balaban J connectivity index is 1.48. The summed E-state index contributed by atoms with van der Waals surface area (Å²) in [5, 5.41) is 12.0. The predicted octanol–water partition coefficient (Wildman–Crippen LogP) is 3.62. The van der Waals surface area contributed by atoms with E-state index in [1.807, 2.05) is 68.8 Å². The Labute approximate surface area is 175 Å². The van der Waals surface area contributed by atoms with E-state index in [0.29, 0.717) is 17.9 Å². The van der Waals surface area contributed by atoms with E-state index in [1.165, 1.54) is 0 Å². The number of pyridine rings is 1. The number of carbonyl (C=O) groups excluding carboxylic acids is 1. The third kappa shape index (κ3) is 3.74. The van der Waals surface area contributed by atoms with Gasteiger partial charge in [0.15, 0.2) is 5.82 Å². The van der Waals surface area contributed by atoms with Crippen molar-refractivity contribution >= 4 is 5.91 Å². The number of benzene rings is 1. The van der Waals surface area contributed by atoms with Crippen LogP contribution in [0.25, 0.3) is 11.5 Å². The zero-order chi connectivity index (χ0) is 21.3. The zero-order valence-electron chi connectivity index (χ0n) is 17.5. The molecular formula is C23H24N6O. The molecule has 30 heavy (non-hydrogen) atoms. The normalized spacial score (nSPS) is 10.9. The first kappa shape index (κ1) is 19.6. The van der Waals surface area contributed by atoms with Gasteiger partial charge in [0, 0.05) is 29.7 Å². The van der Waals surface area contributed by atoms with E-state index in [0.717, 1.165) is 34.0 Å². The Bertz CT molecular complexity index is 1190. The molecule has 7 nitrogen and oxygen atoms in total. The van der Waals surface area contributed by atoms with E-state index < -0.39 is 0 Å². The van der Waals surface area contributed by atoms with Crippen LogP contribution in [0.3, 0.4) is 0 Å². The average Bonchev–Trinajstić information content (AvgIpc) is 3.24. The summed E-state index contributed by atoms with van der Waals surface area (Å²) in [5.41, 5.74) is 6.35. The van der Waals surface area contributed by atoms with Crippen LogP contribution in [-0.2, 0) is 6.54 Å². The van der Waals surface area contributed by atoms with Gasteiger partial charge in [-0.3, -0.25) is 4.79 Å². The third-order valence-electron chi connectivity index (χ3n) is 5.10. The fraction of sp³-hybridized carbons (Fsp3) is 0.217. The first-order chi connectivity index (χ1) is 14.4. The summed E-state index contributed by atoms with van der Waals surface area (Å²) in [6.45, 7) is 8.29. The molecule has 0 unspecified atom stereocenters.